The largest absolute Gasteiger partial charge is 0.380 e. The lowest BCUT2D eigenvalue weighted by atomic mass is 10.0. The van der Waals surface area contributed by atoms with E-state index >= 15 is 0 Å². The molecule has 4 nitrogen and oxygen atoms in total. The van der Waals surface area contributed by atoms with Crippen LogP contribution < -0.4 is 0 Å². The first kappa shape index (κ1) is 15.0. The molecule has 0 saturated heterocycles. The van der Waals surface area contributed by atoms with E-state index in [4.69, 9.17) is 4.74 Å². The number of sulfone groups is 1. The first-order valence-corrected chi connectivity index (χ1v) is 8.56. The second-order valence-electron chi connectivity index (χ2n) is 5.43. The molecule has 0 radical (unpaired) electrons. The molecule has 0 heterocycles. The van der Waals surface area contributed by atoms with E-state index in [9.17, 15) is 13.7 Å². The average Bonchev–Trinajstić information content (AvgIpc) is 3.07. The lowest BCUT2D eigenvalue weighted by Gasteiger charge is -2.08. The van der Waals surface area contributed by atoms with Crippen molar-refractivity contribution < 1.29 is 13.2 Å². The molecule has 0 aromatic heterocycles. The summed E-state index contributed by atoms with van der Waals surface area (Å²) >= 11 is 0. The van der Waals surface area contributed by atoms with Gasteiger partial charge in [0.15, 0.2) is 9.84 Å². The summed E-state index contributed by atoms with van der Waals surface area (Å²) < 4.78 is 29.3. The van der Waals surface area contributed by atoms with Crippen LogP contribution >= 0.6 is 0 Å². The molecule has 1 aromatic carbocycles. The SMILES string of the molecule is CCOC[C@]1(C#N)[C@@H](c2ccc(C)cc2)[C@@H]1S(C)(=O)=O. The normalized spacial score (nSPS) is 28.9. The van der Waals surface area contributed by atoms with E-state index in [2.05, 4.69) is 6.07 Å². The van der Waals surface area contributed by atoms with E-state index < -0.39 is 20.5 Å². The molecule has 1 saturated carbocycles. The fourth-order valence-corrected chi connectivity index (χ4v) is 4.74. The third-order valence-corrected chi connectivity index (χ3v) is 5.52. The van der Waals surface area contributed by atoms with Crippen LogP contribution in [0, 0.1) is 23.7 Å². The third kappa shape index (κ3) is 2.46. The quantitative estimate of drug-likeness (QED) is 0.833. The first-order valence-electron chi connectivity index (χ1n) is 6.61. The first-order chi connectivity index (χ1) is 9.36. The van der Waals surface area contributed by atoms with Crippen LogP contribution in [0.4, 0.5) is 0 Å². The van der Waals surface area contributed by atoms with Crippen molar-refractivity contribution in [2.75, 3.05) is 19.5 Å². The summed E-state index contributed by atoms with van der Waals surface area (Å²) in [6.07, 6.45) is 1.20. The summed E-state index contributed by atoms with van der Waals surface area (Å²) in [7, 11) is -3.29. The van der Waals surface area contributed by atoms with Crippen LogP contribution in [-0.2, 0) is 14.6 Å². The molecular weight excluding hydrogens is 274 g/mol. The van der Waals surface area contributed by atoms with Gasteiger partial charge in [-0.05, 0) is 19.4 Å². The van der Waals surface area contributed by atoms with Crippen LogP contribution in [0.25, 0.3) is 0 Å². The Kier molecular flexibility index (Phi) is 3.90. The minimum absolute atomic E-state index is 0.163. The molecule has 1 aliphatic carbocycles. The molecule has 0 bridgehead atoms. The van der Waals surface area contributed by atoms with Crippen molar-refractivity contribution >= 4 is 9.84 Å². The van der Waals surface area contributed by atoms with Gasteiger partial charge in [0.1, 0.15) is 5.41 Å². The number of ether oxygens (including phenoxy) is 1. The second kappa shape index (κ2) is 5.19. The zero-order chi connectivity index (χ0) is 15.0. The van der Waals surface area contributed by atoms with Gasteiger partial charge in [0.2, 0.25) is 0 Å². The molecule has 3 atom stereocenters. The molecule has 0 amide bonds. The van der Waals surface area contributed by atoms with Crippen molar-refractivity contribution in [1.82, 2.24) is 0 Å². The van der Waals surface area contributed by atoms with E-state index in [1.807, 2.05) is 38.1 Å². The van der Waals surface area contributed by atoms with Crippen molar-refractivity contribution in [3.63, 3.8) is 0 Å². The molecular formula is C15H19NO3S. The summed E-state index contributed by atoms with van der Waals surface area (Å²) in [6.45, 7) is 4.45. The van der Waals surface area contributed by atoms with Gasteiger partial charge in [-0.25, -0.2) is 8.42 Å². The van der Waals surface area contributed by atoms with Gasteiger partial charge in [-0.3, -0.25) is 0 Å². The highest BCUT2D eigenvalue weighted by molar-refractivity contribution is 7.91. The maximum Gasteiger partial charge on any atom is 0.152 e. The Labute approximate surface area is 120 Å². The predicted molar refractivity (Wildman–Crippen MR) is 77.1 cm³/mol. The van der Waals surface area contributed by atoms with Gasteiger partial charge in [-0.2, -0.15) is 5.26 Å². The zero-order valence-corrected chi connectivity index (χ0v) is 12.8. The van der Waals surface area contributed by atoms with Gasteiger partial charge in [0.05, 0.1) is 17.9 Å². The van der Waals surface area contributed by atoms with Crippen molar-refractivity contribution in [1.29, 1.82) is 5.26 Å². The minimum Gasteiger partial charge on any atom is -0.380 e. The fraction of sp³-hybridized carbons (Fsp3) is 0.533. The summed E-state index contributed by atoms with van der Waals surface area (Å²) in [5.41, 5.74) is 1.06. The van der Waals surface area contributed by atoms with Gasteiger partial charge in [-0.15, -0.1) is 0 Å². The van der Waals surface area contributed by atoms with E-state index in [0.717, 1.165) is 11.1 Å². The van der Waals surface area contributed by atoms with E-state index in [-0.39, 0.29) is 12.5 Å². The Morgan fingerprint density at radius 1 is 1.35 bits per heavy atom. The molecule has 0 unspecified atom stereocenters. The maximum absolute atomic E-state index is 12.0. The topological polar surface area (TPSA) is 67.2 Å². The number of aryl methyl sites for hydroxylation is 1. The Balaban J connectivity index is 2.40. The lowest BCUT2D eigenvalue weighted by Crippen LogP contribution is -2.18. The van der Waals surface area contributed by atoms with E-state index in [1.165, 1.54) is 6.26 Å². The van der Waals surface area contributed by atoms with Crippen LogP contribution in [0.1, 0.15) is 24.0 Å². The molecule has 1 aromatic rings. The molecule has 0 spiro atoms. The molecule has 108 valence electrons. The van der Waals surface area contributed by atoms with Gasteiger partial charge in [-0.1, -0.05) is 29.8 Å². The fourth-order valence-electron chi connectivity index (χ4n) is 2.89. The second-order valence-corrected chi connectivity index (χ2v) is 7.59. The van der Waals surface area contributed by atoms with Crippen LogP contribution in [0.2, 0.25) is 0 Å². The highest BCUT2D eigenvalue weighted by atomic mass is 32.2. The maximum atomic E-state index is 12.0. The van der Waals surface area contributed by atoms with Crippen LogP contribution in [-0.4, -0.2) is 33.1 Å². The monoisotopic (exact) mass is 293 g/mol. The molecule has 2 rings (SSSR count). The summed E-state index contributed by atoms with van der Waals surface area (Å²) in [5, 5.41) is 8.84. The average molecular weight is 293 g/mol. The Morgan fingerprint density at radius 2 is 1.95 bits per heavy atom. The summed E-state index contributed by atoms with van der Waals surface area (Å²) in [6, 6.07) is 9.90. The van der Waals surface area contributed by atoms with Gasteiger partial charge < -0.3 is 4.74 Å². The summed E-state index contributed by atoms with van der Waals surface area (Å²) in [4.78, 5) is 0. The lowest BCUT2D eigenvalue weighted by molar-refractivity contribution is 0.117. The van der Waals surface area contributed by atoms with E-state index in [0.29, 0.717) is 6.61 Å². The molecule has 20 heavy (non-hydrogen) atoms. The highest BCUT2D eigenvalue weighted by Crippen LogP contribution is 2.62. The number of hydrogen-bond donors (Lipinski definition) is 0. The van der Waals surface area contributed by atoms with Crippen molar-refractivity contribution in [3.05, 3.63) is 35.4 Å². The molecule has 1 aliphatic rings. The number of rotatable bonds is 5. The van der Waals surface area contributed by atoms with Gasteiger partial charge in [0.25, 0.3) is 0 Å². The number of nitriles is 1. The Morgan fingerprint density at radius 3 is 2.40 bits per heavy atom. The van der Waals surface area contributed by atoms with Crippen molar-refractivity contribution in [2.45, 2.75) is 25.0 Å². The Bertz CT molecular complexity index is 630. The summed E-state index contributed by atoms with van der Waals surface area (Å²) in [5.74, 6) is -0.297. The van der Waals surface area contributed by atoms with Crippen LogP contribution in [0.5, 0.6) is 0 Å². The smallest absolute Gasteiger partial charge is 0.152 e. The predicted octanol–water partition coefficient (Wildman–Crippen LogP) is 2.05. The number of nitrogens with zero attached hydrogens (tertiary/aromatic N) is 1. The molecule has 0 N–H and O–H groups in total. The van der Waals surface area contributed by atoms with Crippen LogP contribution in [0.3, 0.4) is 0 Å². The zero-order valence-electron chi connectivity index (χ0n) is 12.0. The van der Waals surface area contributed by atoms with Crippen molar-refractivity contribution in [2.24, 2.45) is 5.41 Å². The molecule has 5 heteroatoms. The number of benzene rings is 1. The van der Waals surface area contributed by atoms with Gasteiger partial charge >= 0.3 is 0 Å². The standard InChI is InChI=1S/C15H19NO3S/c1-4-19-10-15(9-16)13(14(15)20(3,17)18)12-7-5-11(2)6-8-12/h5-8,13-14H,4,10H2,1-3H3/t13-,14-,15+/m0/s1. The molecule has 1 fully saturated rings. The third-order valence-electron chi connectivity index (χ3n) is 3.91. The number of hydrogen-bond acceptors (Lipinski definition) is 4. The highest BCUT2D eigenvalue weighted by Gasteiger charge is 2.71. The van der Waals surface area contributed by atoms with Crippen LogP contribution in [0.15, 0.2) is 24.3 Å². The van der Waals surface area contributed by atoms with Crippen molar-refractivity contribution in [3.8, 4) is 6.07 Å². The van der Waals surface area contributed by atoms with Gasteiger partial charge in [0, 0.05) is 18.8 Å². The van der Waals surface area contributed by atoms with E-state index in [1.54, 1.807) is 0 Å². The Hall–Kier alpha value is -1.38. The molecule has 0 aliphatic heterocycles. The minimum atomic E-state index is -3.29.